The average molecular weight is 371 g/mol. The van der Waals surface area contributed by atoms with Gasteiger partial charge in [-0.2, -0.15) is 0 Å². The van der Waals surface area contributed by atoms with E-state index >= 15 is 0 Å². The molecule has 0 radical (unpaired) electrons. The highest BCUT2D eigenvalue weighted by Crippen LogP contribution is 2.52. The molecule has 1 aliphatic carbocycles. The van der Waals surface area contributed by atoms with Gasteiger partial charge in [0.25, 0.3) is 5.91 Å². The molecule has 2 unspecified atom stereocenters. The van der Waals surface area contributed by atoms with Crippen molar-refractivity contribution in [3.05, 3.63) is 33.3 Å². The average Bonchev–Trinajstić information content (AvgIpc) is 2.61. The first kappa shape index (κ1) is 15.4. The molecule has 2 aliphatic rings. The molecule has 1 aromatic carbocycles. The summed E-state index contributed by atoms with van der Waals surface area (Å²) in [5.41, 5.74) is 1.25. The number of carbonyl (C=O) groups excluding carboxylic acids is 1. The third-order valence-corrected chi connectivity index (χ3v) is 5.76. The summed E-state index contributed by atoms with van der Waals surface area (Å²) in [5, 5.41) is 0.607. The number of amides is 1. The predicted molar refractivity (Wildman–Crippen MR) is 89.7 cm³/mol. The highest BCUT2D eigenvalue weighted by molar-refractivity contribution is 9.10. The molecule has 114 valence electrons. The number of halogens is 2. The maximum absolute atomic E-state index is 13.0. The normalized spacial score (nSPS) is 30.5. The SMILES string of the molecule is CC1(C)CC2CC(C)(CN2C(=O)c2cc(Cl)ccc2Br)C1. The lowest BCUT2D eigenvalue weighted by molar-refractivity contribution is 0.0707. The van der Waals surface area contributed by atoms with E-state index in [9.17, 15) is 4.79 Å². The van der Waals surface area contributed by atoms with Gasteiger partial charge in [0.05, 0.1) is 5.56 Å². The standard InChI is InChI=1S/C17H21BrClNO/c1-16(2)7-12-8-17(3,9-16)10-20(12)15(21)13-6-11(19)4-5-14(13)18/h4-6,12H,7-10H2,1-3H3. The Balaban J connectivity index is 1.91. The number of hydrogen-bond acceptors (Lipinski definition) is 1. The Kier molecular flexibility index (Phi) is 3.65. The van der Waals surface area contributed by atoms with Crippen molar-refractivity contribution in [3.8, 4) is 0 Å². The zero-order chi connectivity index (χ0) is 15.4. The van der Waals surface area contributed by atoms with Gasteiger partial charge in [-0.1, -0.05) is 32.4 Å². The fourth-order valence-corrected chi connectivity index (χ4v) is 5.10. The first-order valence-electron chi connectivity index (χ1n) is 7.45. The number of carbonyl (C=O) groups is 1. The number of fused-ring (bicyclic) bond motifs is 2. The summed E-state index contributed by atoms with van der Waals surface area (Å²) in [6, 6.07) is 5.78. The Labute approximate surface area is 140 Å². The smallest absolute Gasteiger partial charge is 0.255 e. The van der Waals surface area contributed by atoms with Gasteiger partial charge in [0.2, 0.25) is 0 Å². The van der Waals surface area contributed by atoms with E-state index in [0.29, 0.717) is 22.0 Å². The zero-order valence-electron chi connectivity index (χ0n) is 12.7. The van der Waals surface area contributed by atoms with Crippen LogP contribution in [0, 0.1) is 10.8 Å². The molecule has 21 heavy (non-hydrogen) atoms. The van der Waals surface area contributed by atoms with Crippen LogP contribution >= 0.6 is 27.5 Å². The van der Waals surface area contributed by atoms with Gasteiger partial charge in [-0.05, 0) is 64.2 Å². The van der Waals surface area contributed by atoms with E-state index in [2.05, 4.69) is 41.6 Å². The minimum absolute atomic E-state index is 0.107. The first-order chi connectivity index (χ1) is 9.69. The molecule has 4 heteroatoms. The maximum Gasteiger partial charge on any atom is 0.255 e. The number of benzene rings is 1. The van der Waals surface area contributed by atoms with Gasteiger partial charge in [0.1, 0.15) is 0 Å². The van der Waals surface area contributed by atoms with Gasteiger partial charge in [0, 0.05) is 22.1 Å². The van der Waals surface area contributed by atoms with E-state index in [0.717, 1.165) is 23.9 Å². The molecule has 1 amide bonds. The Morgan fingerprint density at radius 3 is 2.76 bits per heavy atom. The van der Waals surface area contributed by atoms with Crippen molar-refractivity contribution < 1.29 is 4.79 Å². The summed E-state index contributed by atoms with van der Waals surface area (Å²) >= 11 is 9.54. The molecular formula is C17H21BrClNO. The van der Waals surface area contributed by atoms with E-state index in [1.165, 1.54) is 6.42 Å². The van der Waals surface area contributed by atoms with Crippen LogP contribution < -0.4 is 0 Å². The predicted octanol–water partition coefficient (Wildman–Crippen LogP) is 5.14. The molecule has 2 bridgehead atoms. The van der Waals surface area contributed by atoms with Gasteiger partial charge in [-0.25, -0.2) is 0 Å². The minimum Gasteiger partial charge on any atom is -0.335 e. The molecule has 2 atom stereocenters. The number of rotatable bonds is 1. The molecule has 3 rings (SSSR count). The highest BCUT2D eigenvalue weighted by Gasteiger charge is 2.51. The Hall–Kier alpha value is -0.540. The lowest BCUT2D eigenvalue weighted by Crippen LogP contribution is -2.37. The van der Waals surface area contributed by atoms with Gasteiger partial charge < -0.3 is 4.90 Å². The van der Waals surface area contributed by atoms with Crippen LogP contribution in [-0.4, -0.2) is 23.4 Å². The molecule has 0 aromatic heterocycles. The highest BCUT2D eigenvalue weighted by atomic mass is 79.9. The summed E-state index contributed by atoms with van der Waals surface area (Å²) < 4.78 is 0.822. The minimum atomic E-state index is 0.107. The second-order valence-electron chi connectivity index (χ2n) is 7.77. The number of likely N-dealkylation sites (tertiary alicyclic amines) is 1. The Bertz CT molecular complexity index is 600. The second-order valence-corrected chi connectivity index (χ2v) is 9.06. The van der Waals surface area contributed by atoms with Crippen molar-refractivity contribution in [3.63, 3.8) is 0 Å². The van der Waals surface area contributed by atoms with Crippen molar-refractivity contribution in [1.82, 2.24) is 4.90 Å². The van der Waals surface area contributed by atoms with Crippen LogP contribution in [0.1, 0.15) is 50.4 Å². The molecular weight excluding hydrogens is 350 g/mol. The summed E-state index contributed by atoms with van der Waals surface area (Å²) in [5.74, 6) is 0.107. The molecule has 1 aromatic rings. The fourth-order valence-electron chi connectivity index (χ4n) is 4.51. The molecule has 2 fully saturated rings. The lowest BCUT2D eigenvalue weighted by atomic mass is 9.65. The quantitative estimate of drug-likeness (QED) is 0.670. The number of hydrogen-bond donors (Lipinski definition) is 0. The van der Waals surface area contributed by atoms with Gasteiger partial charge >= 0.3 is 0 Å². The molecule has 1 saturated carbocycles. The van der Waals surface area contributed by atoms with Crippen LogP contribution in [0.15, 0.2) is 22.7 Å². The monoisotopic (exact) mass is 369 g/mol. The van der Waals surface area contributed by atoms with Crippen LogP contribution in [-0.2, 0) is 0 Å². The van der Waals surface area contributed by atoms with Crippen molar-refractivity contribution >= 4 is 33.4 Å². The Morgan fingerprint density at radius 1 is 1.33 bits per heavy atom. The number of nitrogens with zero attached hydrogens (tertiary/aromatic N) is 1. The van der Waals surface area contributed by atoms with Crippen molar-refractivity contribution in [2.24, 2.45) is 10.8 Å². The van der Waals surface area contributed by atoms with E-state index in [1.807, 2.05) is 6.07 Å². The van der Waals surface area contributed by atoms with E-state index in [1.54, 1.807) is 12.1 Å². The zero-order valence-corrected chi connectivity index (χ0v) is 15.1. The fraction of sp³-hybridized carbons (Fsp3) is 0.588. The van der Waals surface area contributed by atoms with Crippen molar-refractivity contribution in [2.75, 3.05) is 6.54 Å². The van der Waals surface area contributed by atoms with Crippen LogP contribution in [0.4, 0.5) is 0 Å². The van der Waals surface area contributed by atoms with Gasteiger partial charge in [0.15, 0.2) is 0 Å². The Morgan fingerprint density at radius 2 is 2.05 bits per heavy atom. The van der Waals surface area contributed by atoms with Crippen LogP contribution in [0.2, 0.25) is 5.02 Å². The molecule has 1 saturated heterocycles. The molecule has 0 spiro atoms. The second kappa shape index (κ2) is 4.99. The molecule has 1 aliphatic heterocycles. The molecule has 0 N–H and O–H groups in total. The largest absolute Gasteiger partial charge is 0.335 e. The summed E-state index contributed by atoms with van der Waals surface area (Å²) in [4.78, 5) is 15.0. The van der Waals surface area contributed by atoms with Gasteiger partial charge in [-0.15, -0.1) is 0 Å². The third kappa shape index (κ3) is 2.87. The van der Waals surface area contributed by atoms with Crippen molar-refractivity contribution in [2.45, 2.75) is 46.1 Å². The third-order valence-electron chi connectivity index (χ3n) is 4.83. The van der Waals surface area contributed by atoms with Crippen molar-refractivity contribution in [1.29, 1.82) is 0 Å². The lowest BCUT2D eigenvalue weighted by Gasteiger charge is -2.39. The molecule has 1 heterocycles. The van der Waals surface area contributed by atoms with Crippen LogP contribution in [0.25, 0.3) is 0 Å². The van der Waals surface area contributed by atoms with E-state index < -0.39 is 0 Å². The molecule has 2 nitrogen and oxygen atoms in total. The van der Waals surface area contributed by atoms with E-state index in [4.69, 9.17) is 11.6 Å². The first-order valence-corrected chi connectivity index (χ1v) is 8.62. The van der Waals surface area contributed by atoms with E-state index in [-0.39, 0.29) is 11.3 Å². The maximum atomic E-state index is 13.0. The summed E-state index contributed by atoms with van der Waals surface area (Å²) in [7, 11) is 0. The summed E-state index contributed by atoms with van der Waals surface area (Å²) in [6.07, 6.45) is 3.41. The van der Waals surface area contributed by atoms with Crippen LogP contribution in [0.5, 0.6) is 0 Å². The topological polar surface area (TPSA) is 20.3 Å². The summed E-state index contributed by atoms with van der Waals surface area (Å²) in [6.45, 7) is 7.82. The van der Waals surface area contributed by atoms with Crippen LogP contribution in [0.3, 0.4) is 0 Å². The van der Waals surface area contributed by atoms with Gasteiger partial charge in [-0.3, -0.25) is 4.79 Å².